The van der Waals surface area contributed by atoms with E-state index in [1.54, 1.807) is 0 Å². The average molecular weight is 299 g/mol. The van der Waals surface area contributed by atoms with E-state index in [2.05, 4.69) is 23.1 Å². The fourth-order valence-corrected chi connectivity index (χ4v) is 4.33. The minimum atomic E-state index is -0.376. The van der Waals surface area contributed by atoms with E-state index in [0.717, 1.165) is 38.2 Å². The maximum atomic E-state index is 10.8. The summed E-state index contributed by atoms with van der Waals surface area (Å²) >= 11 is 0. The Morgan fingerprint density at radius 2 is 2.14 bits per heavy atom. The van der Waals surface area contributed by atoms with Gasteiger partial charge in [0.25, 0.3) is 0 Å². The Hall–Kier alpha value is -1.32. The average Bonchev–Trinajstić information content (AvgIpc) is 2.55. The summed E-state index contributed by atoms with van der Waals surface area (Å²) in [6, 6.07) is 8.23. The molecule has 0 bridgehead atoms. The molecule has 0 radical (unpaired) electrons. The summed E-state index contributed by atoms with van der Waals surface area (Å²) in [6.45, 7) is 3.71. The third-order valence-corrected chi connectivity index (χ3v) is 5.63. The van der Waals surface area contributed by atoms with Crippen LogP contribution in [0.1, 0.15) is 37.7 Å². The molecule has 1 saturated heterocycles. The van der Waals surface area contributed by atoms with Crippen LogP contribution >= 0.6 is 0 Å². The number of para-hydroxylation sites is 1. The summed E-state index contributed by atoms with van der Waals surface area (Å²) in [4.78, 5) is 2.51. The number of ether oxygens (including phenoxy) is 1. The Kier molecular flexibility index (Phi) is 3.71. The van der Waals surface area contributed by atoms with Gasteiger partial charge in [0.15, 0.2) is 0 Å². The number of likely N-dealkylation sites (tertiary alicyclic amines) is 1. The van der Waals surface area contributed by atoms with Crippen molar-refractivity contribution in [2.45, 2.75) is 37.7 Å². The molecule has 2 heterocycles. The molecule has 2 fully saturated rings. The molecule has 2 aliphatic heterocycles. The molecule has 1 aliphatic carbocycles. The van der Waals surface area contributed by atoms with Crippen molar-refractivity contribution in [2.24, 2.45) is 5.92 Å². The molecule has 22 heavy (non-hydrogen) atoms. The lowest BCUT2D eigenvalue weighted by Crippen LogP contribution is -2.53. The molecule has 2 atom stereocenters. The van der Waals surface area contributed by atoms with E-state index in [0.29, 0.717) is 12.5 Å². The van der Waals surface area contributed by atoms with E-state index in [1.807, 2.05) is 12.1 Å². The summed E-state index contributed by atoms with van der Waals surface area (Å²) < 4.78 is 5.86. The molecule has 1 aromatic rings. The lowest BCUT2D eigenvalue weighted by Gasteiger charge is -2.47. The molecule has 0 amide bonds. The highest BCUT2D eigenvalue weighted by molar-refractivity contribution is 5.62. The summed E-state index contributed by atoms with van der Waals surface area (Å²) in [5, 5.41) is 10.8. The molecule has 118 valence electrons. The molecule has 4 rings (SSSR count). The van der Waals surface area contributed by atoms with E-state index in [-0.39, 0.29) is 5.60 Å². The second-order valence-corrected chi connectivity index (χ2v) is 7.16. The largest absolute Gasteiger partial charge is 0.489 e. The van der Waals surface area contributed by atoms with Crippen LogP contribution in [0.3, 0.4) is 0 Å². The van der Waals surface area contributed by atoms with Crippen LogP contribution in [0.25, 0.3) is 6.08 Å². The highest BCUT2D eigenvalue weighted by Gasteiger charge is 2.42. The molecular formula is C19H25NO2. The molecule has 3 heteroatoms. The molecular weight excluding hydrogens is 274 g/mol. The maximum Gasteiger partial charge on any atom is 0.127 e. The molecule has 0 spiro atoms. The third kappa shape index (κ3) is 2.68. The van der Waals surface area contributed by atoms with Gasteiger partial charge in [-0.3, -0.25) is 4.90 Å². The van der Waals surface area contributed by atoms with Crippen molar-refractivity contribution in [1.82, 2.24) is 4.90 Å². The van der Waals surface area contributed by atoms with Crippen molar-refractivity contribution in [3.8, 4) is 5.75 Å². The second-order valence-electron chi connectivity index (χ2n) is 7.16. The number of piperidine rings is 1. The van der Waals surface area contributed by atoms with Gasteiger partial charge in [-0.25, -0.2) is 0 Å². The predicted octanol–water partition coefficient (Wildman–Crippen LogP) is 3.09. The summed E-state index contributed by atoms with van der Waals surface area (Å²) in [7, 11) is 0. The van der Waals surface area contributed by atoms with E-state index < -0.39 is 0 Å². The quantitative estimate of drug-likeness (QED) is 0.911. The molecule has 0 unspecified atom stereocenters. The first kappa shape index (κ1) is 14.3. The van der Waals surface area contributed by atoms with Crippen LogP contribution in [0.4, 0.5) is 0 Å². The minimum Gasteiger partial charge on any atom is -0.489 e. The number of aliphatic hydroxyl groups is 1. The van der Waals surface area contributed by atoms with Crippen LogP contribution in [-0.2, 0) is 0 Å². The van der Waals surface area contributed by atoms with Gasteiger partial charge in [0.1, 0.15) is 12.4 Å². The molecule has 3 nitrogen and oxygen atoms in total. The van der Waals surface area contributed by atoms with E-state index in [9.17, 15) is 5.11 Å². The van der Waals surface area contributed by atoms with E-state index in [1.165, 1.54) is 30.4 Å². The minimum absolute atomic E-state index is 0.376. The summed E-state index contributed by atoms with van der Waals surface area (Å²) in [5.41, 5.74) is 2.16. The Morgan fingerprint density at radius 1 is 1.23 bits per heavy atom. The van der Waals surface area contributed by atoms with Crippen molar-refractivity contribution in [1.29, 1.82) is 0 Å². The van der Waals surface area contributed by atoms with Gasteiger partial charge in [0.2, 0.25) is 0 Å². The van der Waals surface area contributed by atoms with Crippen molar-refractivity contribution in [3.05, 3.63) is 35.4 Å². The van der Waals surface area contributed by atoms with E-state index in [4.69, 9.17) is 4.74 Å². The smallest absolute Gasteiger partial charge is 0.127 e. The van der Waals surface area contributed by atoms with Crippen molar-refractivity contribution >= 4 is 6.08 Å². The normalized spacial score (nSPS) is 31.7. The highest BCUT2D eigenvalue weighted by Crippen LogP contribution is 2.40. The van der Waals surface area contributed by atoms with Gasteiger partial charge < -0.3 is 9.84 Å². The van der Waals surface area contributed by atoms with Gasteiger partial charge >= 0.3 is 0 Å². The predicted molar refractivity (Wildman–Crippen MR) is 87.9 cm³/mol. The molecule has 1 saturated carbocycles. The number of benzene rings is 1. The SMILES string of the molecule is O[C@@]12CCCC[C@@H]1CN(CC1=Cc3ccccc3OC1)CC2. The number of hydrogen-bond donors (Lipinski definition) is 1. The van der Waals surface area contributed by atoms with Crippen LogP contribution in [0, 0.1) is 5.92 Å². The second kappa shape index (κ2) is 5.71. The van der Waals surface area contributed by atoms with Gasteiger partial charge in [-0.1, -0.05) is 31.0 Å². The Bertz CT molecular complexity index is 583. The van der Waals surface area contributed by atoms with Gasteiger partial charge in [-0.15, -0.1) is 0 Å². The van der Waals surface area contributed by atoms with Crippen LogP contribution in [0.2, 0.25) is 0 Å². The van der Waals surface area contributed by atoms with Crippen molar-refractivity contribution < 1.29 is 9.84 Å². The number of nitrogens with zero attached hydrogens (tertiary/aromatic N) is 1. The lowest BCUT2D eigenvalue weighted by atomic mass is 9.71. The van der Waals surface area contributed by atoms with Gasteiger partial charge in [0, 0.05) is 31.1 Å². The van der Waals surface area contributed by atoms with Crippen LogP contribution in [-0.4, -0.2) is 41.8 Å². The van der Waals surface area contributed by atoms with Gasteiger partial charge in [-0.05, 0) is 37.0 Å². The van der Waals surface area contributed by atoms with E-state index >= 15 is 0 Å². The van der Waals surface area contributed by atoms with Crippen LogP contribution in [0.5, 0.6) is 5.75 Å². The zero-order valence-electron chi connectivity index (χ0n) is 13.1. The standard InChI is InChI=1S/C19H25NO2/c21-19-8-4-3-6-17(19)13-20(10-9-19)12-15-11-16-5-1-2-7-18(16)22-14-15/h1-2,5,7,11,17,21H,3-4,6,8-10,12-14H2/t17-,19-/m1/s1. The molecule has 1 aromatic carbocycles. The van der Waals surface area contributed by atoms with Crippen LogP contribution < -0.4 is 4.74 Å². The number of rotatable bonds is 2. The summed E-state index contributed by atoms with van der Waals surface area (Å²) in [6.07, 6.45) is 7.88. The first-order valence-electron chi connectivity index (χ1n) is 8.59. The zero-order valence-corrected chi connectivity index (χ0v) is 13.1. The Balaban J connectivity index is 1.44. The van der Waals surface area contributed by atoms with Crippen LogP contribution in [0.15, 0.2) is 29.8 Å². The Labute approximate surface area is 132 Å². The van der Waals surface area contributed by atoms with Gasteiger partial charge in [-0.2, -0.15) is 0 Å². The fourth-order valence-electron chi connectivity index (χ4n) is 4.33. The fraction of sp³-hybridized carbons (Fsp3) is 0.579. The van der Waals surface area contributed by atoms with Gasteiger partial charge in [0.05, 0.1) is 5.60 Å². The first-order chi connectivity index (χ1) is 10.7. The number of fused-ring (bicyclic) bond motifs is 2. The lowest BCUT2D eigenvalue weighted by molar-refractivity contribution is -0.0939. The number of hydrogen-bond acceptors (Lipinski definition) is 3. The maximum absolute atomic E-state index is 10.8. The summed E-state index contributed by atoms with van der Waals surface area (Å²) in [5.74, 6) is 1.46. The van der Waals surface area contributed by atoms with Crippen molar-refractivity contribution in [2.75, 3.05) is 26.2 Å². The Morgan fingerprint density at radius 3 is 3.09 bits per heavy atom. The monoisotopic (exact) mass is 299 g/mol. The first-order valence-corrected chi connectivity index (χ1v) is 8.59. The highest BCUT2D eigenvalue weighted by atomic mass is 16.5. The topological polar surface area (TPSA) is 32.7 Å². The molecule has 0 aromatic heterocycles. The molecule has 3 aliphatic rings. The van der Waals surface area contributed by atoms with Crippen molar-refractivity contribution in [3.63, 3.8) is 0 Å². The molecule has 1 N–H and O–H groups in total. The third-order valence-electron chi connectivity index (χ3n) is 5.63. The zero-order chi connectivity index (χ0) is 15.0.